The Morgan fingerprint density at radius 3 is 1.58 bits per heavy atom. The van der Waals surface area contributed by atoms with Gasteiger partial charge in [-0.25, -0.2) is 16.8 Å². The van der Waals surface area contributed by atoms with Gasteiger partial charge in [0.1, 0.15) is 0 Å². The van der Waals surface area contributed by atoms with E-state index in [1.165, 1.54) is 14.2 Å². The summed E-state index contributed by atoms with van der Waals surface area (Å²) in [6.45, 7) is 0.757. The summed E-state index contributed by atoms with van der Waals surface area (Å²) in [4.78, 5) is 0. The topological polar surface area (TPSA) is 110 Å². The van der Waals surface area contributed by atoms with E-state index in [0.717, 1.165) is 0 Å². The van der Waals surface area contributed by atoms with Gasteiger partial charge in [0, 0.05) is 43.9 Å². The van der Waals surface area contributed by atoms with Crippen LogP contribution in [0.25, 0.3) is 0 Å². The predicted molar refractivity (Wildman–Crippen MR) is 67.2 cm³/mol. The van der Waals surface area contributed by atoms with Crippen molar-refractivity contribution in [3.05, 3.63) is 0 Å². The summed E-state index contributed by atoms with van der Waals surface area (Å²) in [6.07, 6.45) is 0.741. The van der Waals surface area contributed by atoms with Crippen LogP contribution in [0.2, 0.25) is 0 Å². The zero-order valence-electron chi connectivity index (χ0n) is 11.3. The summed E-state index contributed by atoms with van der Waals surface area (Å²) < 4.78 is 59.3. The summed E-state index contributed by atoms with van der Waals surface area (Å²) in [5.74, 6) is -0.344. The zero-order valence-corrected chi connectivity index (χ0v) is 15.7. The molecule has 0 aliphatic carbocycles. The number of hydrogen-bond donors (Lipinski definition) is 0. The Morgan fingerprint density at radius 1 is 0.947 bits per heavy atom. The predicted octanol–water partition coefficient (Wildman–Crippen LogP) is -2.84. The van der Waals surface area contributed by atoms with Gasteiger partial charge >= 0.3 is 29.6 Å². The van der Waals surface area contributed by atoms with Crippen molar-refractivity contribution >= 4 is 29.9 Å². The largest absolute Gasteiger partial charge is 1.00 e. The van der Waals surface area contributed by atoms with Crippen LogP contribution in [-0.2, 0) is 28.6 Å². The molecule has 0 saturated heterocycles. The molecule has 0 amide bonds. The first-order valence-corrected chi connectivity index (χ1v) is 9.01. The SMILES string of the molecule is COCCCS(=O)(=O)Cl.COCCCS(=O)(=O)[O-].[Na+]. The van der Waals surface area contributed by atoms with Gasteiger partial charge in [-0.2, -0.15) is 0 Å². The monoisotopic (exact) mass is 348 g/mol. The van der Waals surface area contributed by atoms with Crippen LogP contribution in [0.1, 0.15) is 12.8 Å². The smallest absolute Gasteiger partial charge is 0.748 e. The summed E-state index contributed by atoms with van der Waals surface area (Å²) in [6, 6.07) is 0. The Kier molecular flexibility index (Phi) is 18.5. The molecule has 0 aromatic rings. The third-order valence-corrected chi connectivity index (χ3v) is 3.51. The van der Waals surface area contributed by atoms with E-state index >= 15 is 0 Å². The van der Waals surface area contributed by atoms with E-state index in [2.05, 4.69) is 9.47 Å². The minimum absolute atomic E-state index is 0. The van der Waals surface area contributed by atoms with Gasteiger partial charge in [0.25, 0.3) is 0 Å². The van der Waals surface area contributed by atoms with Crippen molar-refractivity contribution in [3.8, 4) is 0 Å². The van der Waals surface area contributed by atoms with Gasteiger partial charge < -0.3 is 14.0 Å². The molecule has 7 nitrogen and oxygen atoms in total. The Bertz CT molecular complexity index is 344. The average Bonchev–Trinajstić information content (AvgIpc) is 2.16. The molecule has 0 unspecified atom stereocenters. The van der Waals surface area contributed by atoms with Crippen LogP contribution < -0.4 is 29.6 Å². The van der Waals surface area contributed by atoms with Gasteiger partial charge in [-0.3, -0.25) is 0 Å². The molecular weight excluding hydrogens is 331 g/mol. The minimum Gasteiger partial charge on any atom is -0.748 e. The van der Waals surface area contributed by atoms with E-state index in [1.54, 1.807) is 0 Å². The molecule has 0 fully saturated rings. The molecule has 0 N–H and O–H groups in total. The second-order valence-electron chi connectivity index (χ2n) is 3.20. The quantitative estimate of drug-likeness (QED) is 0.201. The number of halogens is 1. The molecule has 0 radical (unpaired) electrons. The second kappa shape index (κ2) is 14.0. The number of methoxy groups -OCH3 is 2. The van der Waals surface area contributed by atoms with Gasteiger partial charge in [0.05, 0.1) is 15.9 Å². The van der Waals surface area contributed by atoms with Crippen LogP contribution in [0.5, 0.6) is 0 Å². The Balaban J connectivity index is -0.000000256. The molecule has 0 aromatic heterocycles. The third-order valence-electron chi connectivity index (χ3n) is 1.48. The summed E-state index contributed by atoms with van der Waals surface area (Å²) in [5, 5.41) is 0. The van der Waals surface area contributed by atoms with Crippen molar-refractivity contribution in [1.82, 2.24) is 0 Å². The molecule has 0 rings (SSSR count). The van der Waals surface area contributed by atoms with Crippen molar-refractivity contribution < 1.29 is 60.4 Å². The Morgan fingerprint density at radius 2 is 1.32 bits per heavy atom. The van der Waals surface area contributed by atoms with Crippen molar-refractivity contribution in [3.63, 3.8) is 0 Å². The van der Waals surface area contributed by atoms with E-state index in [1.807, 2.05) is 0 Å². The van der Waals surface area contributed by atoms with E-state index in [4.69, 9.17) is 10.7 Å². The standard InChI is InChI=1S/C4H9ClO3S.C4H10O4S.Na/c2*1-8-3-2-4-9(5,6)7;/h2-4H2,1H3;2-4H2,1H3,(H,5,6,7);/q;;+1/p-1. The van der Waals surface area contributed by atoms with E-state index in [-0.39, 0.29) is 47.5 Å². The number of hydrogen-bond acceptors (Lipinski definition) is 7. The van der Waals surface area contributed by atoms with Crippen LogP contribution in [0.15, 0.2) is 0 Å². The molecule has 0 aromatic carbocycles. The molecule has 0 aliphatic heterocycles. The molecule has 0 aliphatic rings. The normalized spacial score (nSPS) is 11.2. The van der Waals surface area contributed by atoms with Crippen LogP contribution in [-0.4, -0.2) is 60.3 Å². The van der Waals surface area contributed by atoms with Crippen molar-refractivity contribution in [2.45, 2.75) is 12.8 Å². The molecule has 0 saturated carbocycles. The van der Waals surface area contributed by atoms with Gasteiger partial charge in [-0.1, -0.05) is 0 Å². The number of ether oxygens (including phenoxy) is 2. The fourth-order valence-electron chi connectivity index (χ4n) is 0.756. The maximum Gasteiger partial charge on any atom is 1.00 e. The molecule has 0 atom stereocenters. The van der Waals surface area contributed by atoms with Crippen LogP contribution >= 0.6 is 10.7 Å². The van der Waals surface area contributed by atoms with E-state index in [0.29, 0.717) is 19.6 Å². The first-order valence-electron chi connectivity index (χ1n) is 4.96. The summed E-state index contributed by atoms with van der Waals surface area (Å²) >= 11 is 0. The molecule has 0 heterocycles. The maximum absolute atomic E-state index is 10.2. The van der Waals surface area contributed by atoms with Crippen LogP contribution in [0.3, 0.4) is 0 Å². The zero-order chi connectivity index (χ0) is 14.7. The Hall–Kier alpha value is 1.07. The van der Waals surface area contributed by atoms with Crippen molar-refractivity contribution in [2.75, 3.05) is 38.9 Å². The fourth-order valence-corrected chi connectivity index (χ4v) is 2.02. The van der Waals surface area contributed by atoms with Crippen LogP contribution in [0, 0.1) is 0 Å². The molecule has 11 heteroatoms. The summed E-state index contributed by atoms with van der Waals surface area (Å²) in [7, 11) is 0.526. The third kappa shape index (κ3) is 32.5. The molecule has 0 spiro atoms. The molecule has 19 heavy (non-hydrogen) atoms. The fraction of sp³-hybridized carbons (Fsp3) is 1.00. The van der Waals surface area contributed by atoms with Gasteiger partial charge in [-0.15, -0.1) is 0 Å². The minimum atomic E-state index is -4.03. The average molecular weight is 349 g/mol. The summed E-state index contributed by atoms with van der Waals surface area (Å²) in [5.41, 5.74) is 0. The van der Waals surface area contributed by atoms with Gasteiger partial charge in [0.2, 0.25) is 9.05 Å². The molecule has 0 bridgehead atoms. The van der Waals surface area contributed by atoms with Gasteiger partial charge in [0.15, 0.2) is 0 Å². The van der Waals surface area contributed by atoms with Crippen LogP contribution in [0.4, 0.5) is 0 Å². The molecule has 112 valence electrons. The van der Waals surface area contributed by atoms with Crippen molar-refractivity contribution in [2.24, 2.45) is 0 Å². The van der Waals surface area contributed by atoms with E-state index < -0.39 is 19.2 Å². The number of rotatable bonds is 8. The van der Waals surface area contributed by atoms with Gasteiger partial charge in [-0.05, 0) is 12.8 Å². The van der Waals surface area contributed by atoms with Crippen molar-refractivity contribution in [1.29, 1.82) is 0 Å². The van der Waals surface area contributed by atoms with E-state index in [9.17, 15) is 21.4 Å². The first-order chi connectivity index (χ1) is 8.12. The Labute approximate surface area is 141 Å². The molecular formula is C8H18ClNaO7S2. The first kappa shape index (κ1) is 25.0. The second-order valence-corrected chi connectivity index (χ2v) is 7.62. The maximum atomic E-state index is 10.2.